The van der Waals surface area contributed by atoms with Gasteiger partial charge in [-0.1, -0.05) is 47.5 Å². The van der Waals surface area contributed by atoms with Gasteiger partial charge in [0.2, 0.25) is 5.72 Å². The van der Waals surface area contributed by atoms with Crippen LogP contribution in [0.3, 0.4) is 0 Å². The Kier molecular flexibility index (Phi) is 4.17. The minimum Gasteiger partial charge on any atom is -0.466 e. The second-order valence-corrected chi connectivity index (χ2v) is 9.18. The first-order valence-corrected chi connectivity index (χ1v) is 10.4. The van der Waals surface area contributed by atoms with Crippen molar-refractivity contribution < 1.29 is 9.47 Å². The summed E-state index contributed by atoms with van der Waals surface area (Å²) in [6.45, 7) is 4.88. The highest BCUT2D eigenvalue weighted by atomic mass is 35.5. The van der Waals surface area contributed by atoms with Crippen LogP contribution in [0.2, 0.25) is 10.0 Å². The predicted octanol–water partition coefficient (Wildman–Crippen LogP) is 5.82. The van der Waals surface area contributed by atoms with E-state index in [0.717, 1.165) is 36.3 Å². The first-order chi connectivity index (χ1) is 13.4. The molecule has 146 valence electrons. The van der Waals surface area contributed by atoms with Gasteiger partial charge in [0, 0.05) is 24.8 Å². The lowest BCUT2D eigenvalue weighted by atomic mass is 9.86. The topological polar surface area (TPSA) is 34.1 Å². The number of halogens is 2. The third kappa shape index (κ3) is 2.90. The first-order valence-electron chi connectivity index (χ1n) is 9.61. The molecule has 1 saturated heterocycles. The quantitative estimate of drug-likeness (QED) is 0.586. The summed E-state index contributed by atoms with van der Waals surface area (Å²) >= 11 is 12.4. The lowest BCUT2D eigenvalue weighted by Crippen LogP contribution is -2.60. The summed E-state index contributed by atoms with van der Waals surface area (Å²) in [6, 6.07) is 14.1. The molecule has 3 aliphatic heterocycles. The smallest absolute Gasteiger partial charge is 0.203 e. The zero-order valence-corrected chi connectivity index (χ0v) is 17.4. The molecule has 0 unspecified atom stereocenters. The maximum Gasteiger partial charge on any atom is 0.203 e. The first kappa shape index (κ1) is 18.3. The van der Waals surface area contributed by atoms with Crippen LogP contribution in [0.4, 0.5) is 0 Å². The van der Waals surface area contributed by atoms with E-state index in [1.54, 1.807) is 0 Å². The predicted molar refractivity (Wildman–Crippen MR) is 111 cm³/mol. The molecule has 0 bridgehead atoms. The van der Waals surface area contributed by atoms with Crippen LogP contribution in [0, 0.1) is 0 Å². The lowest BCUT2D eigenvalue weighted by Gasteiger charge is -2.52. The summed E-state index contributed by atoms with van der Waals surface area (Å²) in [4.78, 5) is 0. The summed E-state index contributed by atoms with van der Waals surface area (Å²) in [5, 5.41) is 8.34. The van der Waals surface area contributed by atoms with Crippen molar-refractivity contribution in [1.82, 2.24) is 5.01 Å². The molecule has 5 rings (SSSR count). The molecular formula is C22H22Cl2N2O2. The lowest BCUT2D eigenvalue weighted by molar-refractivity contribution is -0.212. The molecule has 1 spiro atoms. The average Bonchev–Trinajstić information content (AvgIpc) is 3.10. The van der Waals surface area contributed by atoms with Gasteiger partial charge in [0.15, 0.2) is 0 Å². The van der Waals surface area contributed by atoms with Gasteiger partial charge in [0.1, 0.15) is 5.75 Å². The van der Waals surface area contributed by atoms with E-state index in [2.05, 4.69) is 37.1 Å². The molecule has 1 fully saturated rings. The van der Waals surface area contributed by atoms with E-state index in [4.69, 9.17) is 37.8 Å². The Balaban J connectivity index is 1.61. The highest BCUT2D eigenvalue weighted by Gasteiger charge is 2.54. The van der Waals surface area contributed by atoms with Crippen molar-refractivity contribution in [2.24, 2.45) is 5.10 Å². The Morgan fingerprint density at radius 2 is 1.93 bits per heavy atom. The van der Waals surface area contributed by atoms with E-state index in [1.807, 2.05) is 24.3 Å². The Hall–Kier alpha value is -1.75. The van der Waals surface area contributed by atoms with Crippen LogP contribution < -0.4 is 4.74 Å². The highest BCUT2D eigenvalue weighted by Crippen LogP contribution is 2.51. The van der Waals surface area contributed by atoms with Crippen LogP contribution in [0.25, 0.3) is 0 Å². The second-order valence-electron chi connectivity index (χ2n) is 8.36. The van der Waals surface area contributed by atoms with Crippen LogP contribution in [0.1, 0.15) is 50.3 Å². The number of hydrogen-bond donors (Lipinski definition) is 0. The SMILES string of the molecule is CC1(C)C[C@@]2(CCO1)Oc1ccccc1[C@@H]1CC(c3ccc(Cl)c(Cl)c3)=NN12. The molecule has 2 aromatic carbocycles. The molecule has 3 aliphatic rings. The standard InChI is InChI=1S/C22H22Cl2N2O2/c1-21(2)13-22(9-10-27-21)26-19(15-5-3-4-6-20(15)28-22)12-18(25-26)14-7-8-16(23)17(24)11-14/h3-8,11,19H,9-10,12-13H2,1-2H3/t19-,22+/m0/s1. The molecule has 6 heteroatoms. The number of para-hydroxylation sites is 1. The maximum absolute atomic E-state index is 6.63. The summed E-state index contributed by atoms with van der Waals surface area (Å²) in [7, 11) is 0. The van der Waals surface area contributed by atoms with E-state index in [0.29, 0.717) is 16.7 Å². The Bertz CT molecular complexity index is 975. The summed E-state index contributed by atoms with van der Waals surface area (Å²) in [5.41, 5.74) is 2.42. The molecule has 2 aromatic rings. The number of ether oxygens (including phenoxy) is 2. The number of nitrogens with zero attached hydrogens (tertiary/aromatic N) is 2. The number of hydrazone groups is 1. The zero-order chi connectivity index (χ0) is 19.5. The molecule has 28 heavy (non-hydrogen) atoms. The number of hydrogen-bond acceptors (Lipinski definition) is 4. The molecule has 2 atom stereocenters. The normalized spacial score (nSPS) is 27.8. The van der Waals surface area contributed by atoms with Crippen molar-refractivity contribution in [1.29, 1.82) is 0 Å². The van der Waals surface area contributed by atoms with Gasteiger partial charge >= 0.3 is 0 Å². The van der Waals surface area contributed by atoms with Gasteiger partial charge in [0.05, 0.1) is 34.0 Å². The van der Waals surface area contributed by atoms with Crippen LogP contribution in [0.15, 0.2) is 47.6 Å². The molecule has 0 aromatic heterocycles. The summed E-state index contributed by atoms with van der Waals surface area (Å²) in [6.07, 6.45) is 2.34. The van der Waals surface area contributed by atoms with Crippen molar-refractivity contribution >= 4 is 28.9 Å². The highest BCUT2D eigenvalue weighted by molar-refractivity contribution is 6.42. The molecule has 0 aliphatic carbocycles. The monoisotopic (exact) mass is 416 g/mol. The Morgan fingerprint density at radius 3 is 2.71 bits per heavy atom. The fraction of sp³-hybridized carbons (Fsp3) is 0.409. The van der Waals surface area contributed by atoms with Gasteiger partial charge in [-0.3, -0.25) is 0 Å². The Labute approximate surface area is 175 Å². The van der Waals surface area contributed by atoms with Crippen molar-refractivity contribution in [2.75, 3.05) is 6.61 Å². The van der Waals surface area contributed by atoms with E-state index in [1.165, 1.54) is 5.56 Å². The minimum absolute atomic E-state index is 0.142. The van der Waals surface area contributed by atoms with Crippen molar-refractivity contribution in [3.05, 3.63) is 63.6 Å². The number of benzene rings is 2. The molecule has 0 amide bonds. The Morgan fingerprint density at radius 1 is 1.11 bits per heavy atom. The van der Waals surface area contributed by atoms with Gasteiger partial charge in [-0.25, -0.2) is 5.01 Å². The van der Waals surface area contributed by atoms with Gasteiger partial charge in [0.25, 0.3) is 0 Å². The summed E-state index contributed by atoms with van der Waals surface area (Å²) in [5.74, 6) is 0.951. The van der Waals surface area contributed by atoms with Gasteiger partial charge in [-0.2, -0.15) is 5.10 Å². The molecule has 3 heterocycles. The molecule has 0 radical (unpaired) electrons. The van der Waals surface area contributed by atoms with E-state index in [-0.39, 0.29) is 11.6 Å². The zero-order valence-electron chi connectivity index (χ0n) is 15.9. The molecular weight excluding hydrogens is 395 g/mol. The largest absolute Gasteiger partial charge is 0.466 e. The fourth-order valence-electron chi connectivity index (χ4n) is 4.65. The average molecular weight is 417 g/mol. The second kappa shape index (κ2) is 6.38. The van der Waals surface area contributed by atoms with E-state index in [9.17, 15) is 0 Å². The van der Waals surface area contributed by atoms with Crippen LogP contribution in [-0.4, -0.2) is 28.7 Å². The fourth-order valence-corrected chi connectivity index (χ4v) is 4.95. The van der Waals surface area contributed by atoms with Crippen molar-refractivity contribution in [2.45, 2.75) is 50.5 Å². The van der Waals surface area contributed by atoms with Crippen molar-refractivity contribution in [3.8, 4) is 5.75 Å². The third-order valence-corrected chi connectivity index (χ3v) is 6.59. The number of rotatable bonds is 1. The molecule has 0 saturated carbocycles. The molecule has 4 nitrogen and oxygen atoms in total. The van der Waals surface area contributed by atoms with Crippen LogP contribution in [0.5, 0.6) is 5.75 Å². The maximum atomic E-state index is 6.63. The van der Waals surface area contributed by atoms with E-state index < -0.39 is 5.72 Å². The number of fused-ring (bicyclic) bond motifs is 4. The molecule has 0 N–H and O–H groups in total. The minimum atomic E-state index is -0.501. The van der Waals surface area contributed by atoms with E-state index >= 15 is 0 Å². The van der Waals surface area contributed by atoms with Crippen molar-refractivity contribution in [3.63, 3.8) is 0 Å². The van der Waals surface area contributed by atoms with Gasteiger partial charge in [-0.15, -0.1) is 0 Å². The summed E-state index contributed by atoms with van der Waals surface area (Å²) < 4.78 is 12.6. The third-order valence-electron chi connectivity index (χ3n) is 5.85. The van der Waals surface area contributed by atoms with Crippen LogP contribution >= 0.6 is 23.2 Å². The van der Waals surface area contributed by atoms with Crippen LogP contribution in [-0.2, 0) is 4.74 Å². The van der Waals surface area contributed by atoms with Gasteiger partial charge < -0.3 is 9.47 Å². The van der Waals surface area contributed by atoms with Gasteiger partial charge in [-0.05, 0) is 37.6 Å².